The lowest BCUT2D eigenvalue weighted by Gasteiger charge is -2.26. The smallest absolute Gasteiger partial charge is 0.0909 e. The number of rotatable bonds is 3. The van der Waals surface area contributed by atoms with E-state index in [2.05, 4.69) is 53.4 Å². The SMILES string of the molecule is NC(=S)CC1Sc2ccccc2N1c1ccccc1. The minimum absolute atomic E-state index is 0.247. The fourth-order valence-corrected chi connectivity index (χ4v) is 3.91. The largest absolute Gasteiger partial charge is 0.393 e. The molecular formula is C15H14N2S2. The summed E-state index contributed by atoms with van der Waals surface area (Å²) in [6.07, 6.45) is 0.712. The molecule has 3 rings (SSSR count). The standard InChI is InChI=1S/C15H14N2S2/c16-14(18)10-15-17(11-6-2-1-3-7-11)12-8-4-5-9-13(12)19-15/h1-9,15H,10H2,(H2,16,18). The molecule has 96 valence electrons. The van der Waals surface area contributed by atoms with Crippen LogP contribution in [0.3, 0.4) is 0 Å². The third kappa shape index (κ3) is 2.46. The first-order chi connectivity index (χ1) is 9.25. The highest BCUT2D eigenvalue weighted by Gasteiger charge is 2.31. The highest BCUT2D eigenvalue weighted by atomic mass is 32.2. The lowest BCUT2D eigenvalue weighted by Crippen LogP contribution is -2.28. The second-order valence-corrected chi connectivity index (χ2v) is 6.16. The van der Waals surface area contributed by atoms with Crippen molar-refractivity contribution in [1.29, 1.82) is 0 Å². The Hall–Kier alpha value is -1.52. The number of benzene rings is 2. The number of fused-ring (bicyclic) bond motifs is 1. The molecule has 1 atom stereocenters. The van der Waals surface area contributed by atoms with E-state index in [4.69, 9.17) is 18.0 Å². The van der Waals surface area contributed by atoms with Crippen molar-refractivity contribution >= 4 is 40.3 Å². The van der Waals surface area contributed by atoms with Gasteiger partial charge in [0, 0.05) is 17.0 Å². The number of thiocarbonyl (C=S) groups is 1. The van der Waals surface area contributed by atoms with Crippen LogP contribution in [-0.4, -0.2) is 10.4 Å². The zero-order valence-corrected chi connectivity index (χ0v) is 12.0. The van der Waals surface area contributed by atoms with Crippen molar-refractivity contribution in [3.05, 3.63) is 54.6 Å². The Morgan fingerprint density at radius 1 is 1.11 bits per heavy atom. The quantitative estimate of drug-likeness (QED) is 0.866. The van der Waals surface area contributed by atoms with E-state index in [9.17, 15) is 0 Å². The summed E-state index contributed by atoms with van der Waals surface area (Å²) < 4.78 is 0. The van der Waals surface area contributed by atoms with Crippen LogP contribution in [0.25, 0.3) is 0 Å². The topological polar surface area (TPSA) is 29.3 Å². The first-order valence-electron chi connectivity index (χ1n) is 6.14. The minimum Gasteiger partial charge on any atom is -0.393 e. The number of nitrogens with two attached hydrogens (primary N) is 1. The lowest BCUT2D eigenvalue weighted by atomic mass is 10.2. The van der Waals surface area contributed by atoms with Crippen LogP contribution >= 0.6 is 24.0 Å². The Morgan fingerprint density at radius 3 is 2.53 bits per heavy atom. The van der Waals surface area contributed by atoms with Crippen LogP contribution in [0.1, 0.15) is 6.42 Å². The minimum atomic E-state index is 0.247. The summed E-state index contributed by atoms with van der Waals surface area (Å²) >= 11 is 6.91. The van der Waals surface area contributed by atoms with Gasteiger partial charge < -0.3 is 10.6 Å². The fourth-order valence-electron chi connectivity index (χ4n) is 2.31. The van der Waals surface area contributed by atoms with Gasteiger partial charge in [0.15, 0.2) is 0 Å². The van der Waals surface area contributed by atoms with Crippen LogP contribution in [0.2, 0.25) is 0 Å². The van der Waals surface area contributed by atoms with Crippen molar-refractivity contribution in [3.63, 3.8) is 0 Å². The zero-order valence-electron chi connectivity index (χ0n) is 10.3. The number of nitrogens with zero attached hydrogens (tertiary/aromatic N) is 1. The molecule has 0 aromatic heterocycles. The van der Waals surface area contributed by atoms with Gasteiger partial charge in [-0.3, -0.25) is 0 Å². The molecule has 0 aliphatic carbocycles. The number of thioether (sulfide) groups is 1. The van der Waals surface area contributed by atoms with Crippen molar-refractivity contribution < 1.29 is 0 Å². The van der Waals surface area contributed by atoms with Gasteiger partial charge >= 0.3 is 0 Å². The number of para-hydroxylation sites is 2. The normalized spacial score (nSPS) is 17.3. The molecular weight excluding hydrogens is 272 g/mol. The Bertz CT molecular complexity index is 598. The molecule has 0 amide bonds. The number of hydrogen-bond donors (Lipinski definition) is 1. The molecule has 2 aromatic carbocycles. The predicted molar refractivity (Wildman–Crippen MR) is 86.1 cm³/mol. The van der Waals surface area contributed by atoms with Gasteiger partial charge in [-0.1, -0.05) is 54.3 Å². The van der Waals surface area contributed by atoms with Gasteiger partial charge in [-0.25, -0.2) is 0 Å². The molecule has 2 nitrogen and oxygen atoms in total. The molecule has 19 heavy (non-hydrogen) atoms. The van der Waals surface area contributed by atoms with Crippen molar-refractivity contribution in [2.75, 3.05) is 4.90 Å². The second-order valence-electron chi connectivity index (χ2n) is 4.42. The van der Waals surface area contributed by atoms with Gasteiger partial charge in [0.05, 0.1) is 16.0 Å². The molecule has 2 aromatic rings. The molecule has 0 saturated heterocycles. The van der Waals surface area contributed by atoms with Crippen molar-refractivity contribution in [1.82, 2.24) is 0 Å². The Morgan fingerprint density at radius 2 is 1.79 bits per heavy atom. The van der Waals surface area contributed by atoms with E-state index in [0.717, 1.165) is 0 Å². The molecule has 0 fully saturated rings. The van der Waals surface area contributed by atoms with E-state index >= 15 is 0 Å². The molecule has 4 heteroatoms. The zero-order chi connectivity index (χ0) is 13.2. The molecule has 0 radical (unpaired) electrons. The molecule has 1 heterocycles. The van der Waals surface area contributed by atoms with Gasteiger partial charge in [-0.2, -0.15) is 0 Å². The predicted octanol–water partition coefficient (Wildman–Crippen LogP) is 3.93. The first kappa shape index (κ1) is 12.5. The van der Waals surface area contributed by atoms with Crippen molar-refractivity contribution in [3.8, 4) is 0 Å². The average molecular weight is 286 g/mol. The average Bonchev–Trinajstić information content (AvgIpc) is 2.76. The number of anilines is 2. The Balaban J connectivity index is 2.03. The summed E-state index contributed by atoms with van der Waals surface area (Å²) in [5.74, 6) is 0. The third-order valence-corrected chi connectivity index (χ3v) is 4.50. The number of hydrogen-bond acceptors (Lipinski definition) is 3. The van der Waals surface area contributed by atoms with Crippen molar-refractivity contribution in [2.45, 2.75) is 16.7 Å². The third-order valence-electron chi connectivity index (χ3n) is 3.09. The van der Waals surface area contributed by atoms with E-state index in [0.29, 0.717) is 11.4 Å². The molecule has 2 N–H and O–H groups in total. The van der Waals surface area contributed by atoms with Gasteiger partial charge in [0.2, 0.25) is 0 Å². The van der Waals surface area contributed by atoms with E-state index in [1.54, 1.807) is 0 Å². The van der Waals surface area contributed by atoms with E-state index in [1.807, 2.05) is 17.8 Å². The molecule has 1 aliphatic rings. The monoisotopic (exact) mass is 286 g/mol. The maximum atomic E-state index is 5.74. The van der Waals surface area contributed by atoms with Crippen LogP contribution in [-0.2, 0) is 0 Å². The molecule has 0 bridgehead atoms. The summed E-state index contributed by atoms with van der Waals surface area (Å²) in [6, 6.07) is 18.8. The van der Waals surface area contributed by atoms with Gasteiger partial charge in [-0.05, 0) is 24.3 Å². The van der Waals surface area contributed by atoms with Gasteiger partial charge in [0.1, 0.15) is 0 Å². The molecule has 1 unspecified atom stereocenters. The lowest BCUT2D eigenvalue weighted by molar-refractivity contribution is 0.919. The van der Waals surface area contributed by atoms with E-state index in [1.165, 1.54) is 16.3 Å². The Labute approximate surface area is 122 Å². The van der Waals surface area contributed by atoms with Crippen LogP contribution in [0.15, 0.2) is 59.5 Å². The summed E-state index contributed by atoms with van der Waals surface area (Å²) in [6.45, 7) is 0. The van der Waals surface area contributed by atoms with E-state index < -0.39 is 0 Å². The van der Waals surface area contributed by atoms with Crippen LogP contribution in [0.4, 0.5) is 11.4 Å². The van der Waals surface area contributed by atoms with Gasteiger partial charge in [0.25, 0.3) is 0 Å². The highest BCUT2D eigenvalue weighted by molar-refractivity contribution is 8.00. The molecule has 0 spiro atoms. The summed E-state index contributed by atoms with van der Waals surface area (Å²) in [7, 11) is 0. The molecule has 1 aliphatic heterocycles. The van der Waals surface area contributed by atoms with Crippen LogP contribution in [0.5, 0.6) is 0 Å². The van der Waals surface area contributed by atoms with Gasteiger partial charge in [-0.15, -0.1) is 0 Å². The maximum Gasteiger partial charge on any atom is 0.0909 e. The van der Waals surface area contributed by atoms with Crippen LogP contribution in [0, 0.1) is 0 Å². The maximum absolute atomic E-state index is 5.74. The summed E-state index contributed by atoms with van der Waals surface area (Å²) in [5.41, 5.74) is 8.16. The second kappa shape index (κ2) is 5.23. The Kier molecular flexibility index (Phi) is 3.44. The first-order valence-corrected chi connectivity index (χ1v) is 7.43. The fraction of sp³-hybridized carbons (Fsp3) is 0.133. The highest BCUT2D eigenvalue weighted by Crippen LogP contribution is 2.48. The summed E-state index contributed by atoms with van der Waals surface area (Å²) in [4.78, 5) is 4.16. The van der Waals surface area contributed by atoms with E-state index in [-0.39, 0.29) is 5.37 Å². The molecule has 0 saturated carbocycles. The van der Waals surface area contributed by atoms with Crippen LogP contribution < -0.4 is 10.6 Å². The summed E-state index contributed by atoms with van der Waals surface area (Å²) in [5, 5.41) is 0.247. The van der Waals surface area contributed by atoms with Crippen molar-refractivity contribution in [2.24, 2.45) is 5.73 Å².